The number of phenols is 1. The van der Waals surface area contributed by atoms with E-state index >= 15 is 0 Å². The van der Waals surface area contributed by atoms with E-state index in [1.54, 1.807) is 24.3 Å². The molecule has 5 heteroatoms. The van der Waals surface area contributed by atoms with Crippen molar-refractivity contribution in [3.05, 3.63) is 65.2 Å². The molecule has 1 amide bonds. The van der Waals surface area contributed by atoms with Crippen LogP contribution in [0.4, 0.5) is 0 Å². The number of phenolic OH excluding ortho intramolecular Hbond substituents is 1. The fraction of sp³-hybridized carbons (Fsp3) is 0.350. The number of carbonyl (C=O) groups is 1. The second-order valence-electron chi connectivity index (χ2n) is 6.57. The summed E-state index contributed by atoms with van der Waals surface area (Å²) in [6.45, 7) is 2.90. The van der Waals surface area contributed by atoms with Crippen LogP contribution in [0, 0.1) is 0 Å². The highest BCUT2D eigenvalue weighted by molar-refractivity contribution is 5.78. The first kappa shape index (κ1) is 17.5. The Bertz CT molecular complexity index is 715. The van der Waals surface area contributed by atoms with Crippen LogP contribution < -0.4 is 5.32 Å². The van der Waals surface area contributed by atoms with E-state index in [9.17, 15) is 15.0 Å². The molecule has 0 radical (unpaired) electrons. The Labute approximate surface area is 147 Å². The molecule has 1 atom stereocenters. The molecule has 5 nitrogen and oxygen atoms in total. The van der Waals surface area contributed by atoms with Gasteiger partial charge in [-0.25, -0.2) is 0 Å². The maximum atomic E-state index is 12.2. The molecule has 1 aliphatic rings. The van der Waals surface area contributed by atoms with Crippen LogP contribution in [0.2, 0.25) is 0 Å². The standard InChI is InChI=1S/C20H24N2O3/c23-18-7-5-15(6-8-18)11-20(25)21-12-16-3-1-2-4-17(16)13-22-10-9-19(24)14-22/h1-8,19,23-24H,9-14H2,(H,21,25)/t19-/m1/s1. The van der Waals surface area contributed by atoms with Gasteiger partial charge in [0.15, 0.2) is 0 Å². The molecule has 3 rings (SSSR count). The highest BCUT2D eigenvalue weighted by Crippen LogP contribution is 2.16. The van der Waals surface area contributed by atoms with Gasteiger partial charge in [-0.2, -0.15) is 0 Å². The average Bonchev–Trinajstić information content (AvgIpc) is 3.01. The Morgan fingerprint density at radius 3 is 2.52 bits per heavy atom. The molecule has 0 aliphatic carbocycles. The van der Waals surface area contributed by atoms with Gasteiger partial charge in [-0.15, -0.1) is 0 Å². The van der Waals surface area contributed by atoms with Crippen molar-refractivity contribution < 1.29 is 15.0 Å². The van der Waals surface area contributed by atoms with Gasteiger partial charge in [0, 0.05) is 26.2 Å². The number of hydrogen-bond acceptors (Lipinski definition) is 4. The summed E-state index contributed by atoms with van der Waals surface area (Å²) in [6.07, 6.45) is 0.893. The minimum atomic E-state index is -0.225. The summed E-state index contributed by atoms with van der Waals surface area (Å²) >= 11 is 0. The third-order valence-corrected chi connectivity index (χ3v) is 4.54. The van der Waals surface area contributed by atoms with E-state index in [2.05, 4.69) is 16.3 Å². The Hall–Kier alpha value is -2.37. The monoisotopic (exact) mass is 340 g/mol. The highest BCUT2D eigenvalue weighted by atomic mass is 16.3. The third-order valence-electron chi connectivity index (χ3n) is 4.54. The first-order valence-corrected chi connectivity index (χ1v) is 8.62. The van der Waals surface area contributed by atoms with Crippen LogP contribution in [0.1, 0.15) is 23.1 Å². The minimum Gasteiger partial charge on any atom is -0.508 e. The number of nitrogens with zero attached hydrogens (tertiary/aromatic N) is 1. The van der Waals surface area contributed by atoms with Gasteiger partial charge >= 0.3 is 0 Å². The van der Waals surface area contributed by atoms with Crippen LogP contribution in [-0.4, -0.2) is 40.2 Å². The fourth-order valence-corrected chi connectivity index (χ4v) is 3.14. The zero-order valence-electron chi connectivity index (χ0n) is 14.2. The molecule has 0 spiro atoms. The summed E-state index contributed by atoms with van der Waals surface area (Å²) in [5.74, 6) is 0.155. The fourth-order valence-electron chi connectivity index (χ4n) is 3.14. The number of hydrogen-bond donors (Lipinski definition) is 3. The van der Waals surface area contributed by atoms with Crippen LogP contribution in [0.5, 0.6) is 5.75 Å². The minimum absolute atomic E-state index is 0.0444. The molecule has 3 N–H and O–H groups in total. The first-order chi connectivity index (χ1) is 12.1. The van der Waals surface area contributed by atoms with Gasteiger partial charge in [-0.3, -0.25) is 9.69 Å². The van der Waals surface area contributed by atoms with Gasteiger partial charge in [-0.1, -0.05) is 36.4 Å². The van der Waals surface area contributed by atoms with Crippen LogP contribution in [0.15, 0.2) is 48.5 Å². The lowest BCUT2D eigenvalue weighted by Crippen LogP contribution is -2.26. The quantitative estimate of drug-likeness (QED) is 0.750. The van der Waals surface area contributed by atoms with Crippen molar-refractivity contribution in [3.8, 4) is 5.75 Å². The van der Waals surface area contributed by atoms with Gasteiger partial charge < -0.3 is 15.5 Å². The Balaban J connectivity index is 1.55. The van der Waals surface area contributed by atoms with E-state index in [0.717, 1.165) is 30.6 Å². The lowest BCUT2D eigenvalue weighted by molar-refractivity contribution is -0.120. The molecular weight excluding hydrogens is 316 g/mol. The number of likely N-dealkylation sites (tertiary alicyclic amines) is 1. The number of aliphatic hydroxyl groups is 1. The molecule has 2 aromatic carbocycles. The summed E-state index contributed by atoms with van der Waals surface area (Å²) in [5, 5.41) is 21.9. The molecule has 2 aromatic rings. The largest absolute Gasteiger partial charge is 0.508 e. The SMILES string of the molecule is O=C(Cc1ccc(O)cc1)NCc1ccccc1CN1CC[C@@H](O)C1. The predicted octanol–water partition coefficient (Wildman–Crippen LogP) is 1.82. The van der Waals surface area contributed by atoms with Crippen molar-refractivity contribution >= 4 is 5.91 Å². The van der Waals surface area contributed by atoms with E-state index in [0.29, 0.717) is 19.5 Å². The van der Waals surface area contributed by atoms with Gasteiger partial charge in [-0.05, 0) is 35.2 Å². The van der Waals surface area contributed by atoms with Crippen molar-refractivity contribution in [1.29, 1.82) is 0 Å². The lowest BCUT2D eigenvalue weighted by atomic mass is 10.1. The lowest BCUT2D eigenvalue weighted by Gasteiger charge is -2.18. The van der Waals surface area contributed by atoms with Crippen LogP contribution in [0.3, 0.4) is 0 Å². The van der Waals surface area contributed by atoms with Crippen molar-refractivity contribution in [2.24, 2.45) is 0 Å². The zero-order chi connectivity index (χ0) is 17.6. The van der Waals surface area contributed by atoms with Crippen molar-refractivity contribution in [2.45, 2.75) is 32.0 Å². The molecule has 1 saturated heterocycles. The second-order valence-corrected chi connectivity index (χ2v) is 6.57. The predicted molar refractivity (Wildman–Crippen MR) is 96.0 cm³/mol. The van der Waals surface area contributed by atoms with E-state index in [4.69, 9.17) is 0 Å². The topological polar surface area (TPSA) is 72.8 Å². The maximum Gasteiger partial charge on any atom is 0.224 e. The Kier molecular flexibility index (Phi) is 5.68. The number of rotatable bonds is 6. The van der Waals surface area contributed by atoms with E-state index in [-0.39, 0.29) is 17.8 Å². The summed E-state index contributed by atoms with van der Waals surface area (Å²) in [4.78, 5) is 14.4. The van der Waals surface area contributed by atoms with Crippen LogP contribution >= 0.6 is 0 Å². The van der Waals surface area contributed by atoms with Crippen LogP contribution in [-0.2, 0) is 24.3 Å². The number of benzene rings is 2. The van der Waals surface area contributed by atoms with E-state index in [1.807, 2.05) is 18.2 Å². The van der Waals surface area contributed by atoms with Crippen LogP contribution in [0.25, 0.3) is 0 Å². The second kappa shape index (κ2) is 8.14. The number of carbonyl (C=O) groups excluding carboxylic acids is 1. The third kappa shape index (κ3) is 5.05. The van der Waals surface area contributed by atoms with Crippen molar-refractivity contribution in [1.82, 2.24) is 10.2 Å². The highest BCUT2D eigenvalue weighted by Gasteiger charge is 2.20. The Morgan fingerprint density at radius 1 is 1.12 bits per heavy atom. The molecule has 1 fully saturated rings. The number of amides is 1. The van der Waals surface area contributed by atoms with E-state index < -0.39 is 0 Å². The molecule has 0 saturated carbocycles. The number of aliphatic hydroxyl groups excluding tert-OH is 1. The molecule has 0 unspecified atom stereocenters. The molecule has 1 heterocycles. The summed E-state index contributed by atoms with van der Waals surface area (Å²) in [5.41, 5.74) is 3.15. The summed E-state index contributed by atoms with van der Waals surface area (Å²) in [7, 11) is 0. The Morgan fingerprint density at radius 2 is 1.84 bits per heavy atom. The normalized spacial score (nSPS) is 17.6. The van der Waals surface area contributed by atoms with Crippen molar-refractivity contribution in [2.75, 3.05) is 13.1 Å². The maximum absolute atomic E-state index is 12.2. The first-order valence-electron chi connectivity index (χ1n) is 8.62. The molecular formula is C20H24N2O3. The van der Waals surface area contributed by atoms with E-state index in [1.165, 1.54) is 5.56 Å². The molecule has 0 aromatic heterocycles. The molecule has 25 heavy (non-hydrogen) atoms. The number of aromatic hydroxyl groups is 1. The molecule has 1 aliphatic heterocycles. The average molecular weight is 340 g/mol. The zero-order valence-corrected chi connectivity index (χ0v) is 14.2. The van der Waals surface area contributed by atoms with Gasteiger partial charge in [0.05, 0.1) is 12.5 Å². The summed E-state index contributed by atoms with van der Waals surface area (Å²) < 4.78 is 0. The van der Waals surface area contributed by atoms with Gasteiger partial charge in [0.25, 0.3) is 0 Å². The molecule has 0 bridgehead atoms. The van der Waals surface area contributed by atoms with Gasteiger partial charge in [0.1, 0.15) is 5.75 Å². The van der Waals surface area contributed by atoms with Gasteiger partial charge in [0.2, 0.25) is 5.91 Å². The summed E-state index contributed by atoms with van der Waals surface area (Å²) in [6, 6.07) is 14.8. The van der Waals surface area contributed by atoms with Crippen molar-refractivity contribution in [3.63, 3.8) is 0 Å². The number of nitrogens with one attached hydrogen (secondary N) is 1. The smallest absolute Gasteiger partial charge is 0.224 e. The molecule has 132 valence electrons. The number of β-amino-alcohol motifs (C(OH)–C–C–N with tert-alkyl or cyclic N) is 1.